The number of nitrogens with zero attached hydrogens (tertiary/aromatic N) is 4. The highest BCUT2D eigenvalue weighted by Crippen LogP contribution is 2.42. The van der Waals surface area contributed by atoms with E-state index in [1.807, 2.05) is 0 Å². The van der Waals surface area contributed by atoms with Crippen molar-refractivity contribution >= 4 is 5.97 Å². The summed E-state index contributed by atoms with van der Waals surface area (Å²) in [5, 5.41) is 13.5. The van der Waals surface area contributed by atoms with Crippen molar-refractivity contribution in [3.05, 3.63) is 48.1 Å². The molecule has 0 radical (unpaired) electrons. The van der Waals surface area contributed by atoms with Gasteiger partial charge in [0.2, 0.25) is 0 Å². The summed E-state index contributed by atoms with van der Waals surface area (Å²) < 4.78 is 6.85. The molecule has 0 saturated heterocycles. The first-order chi connectivity index (χ1) is 10.7. The summed E-state index contributed by atoms with van der Waals surface area (Å²) in [4.78, 5) is 20.0. The lowest BCUT2D eigenvalue weighted by Gasteiger charge is -2.06. The fraction of sp³-hybridized carbons (Fsp3) is 0.200. The van der Waals surface area contributed by atoms with Gasteiger partial charge in [0.25, 0.3) is 5.95 Å². The predicted octanol–water partition coefficient (Wildman–Crippen LogP) is 2.50. The highest BCUT2D eigenvalue weighted by molar-refractivity contribution is 5.89. The molecule has 0 atom stereocenters. The summed E-state index contributed by atoms with van der Waals surface area (Å²) in [6, 6.07) is 5.32. The predicted molar refractivity (Wildman–Crippen MR) is 75.8 cm³/mol. The van der Waals surface area contributed by atoms with E-state index < -0.39 is 5.97 Å². The maximum absolute atomic E-state index is 11.3. The number of furan rings is 1. The third-order valence-corrected chi connectivity index (χ3v) is 3.61. The standard InChI is InChI=1S/C15H12N4O3/c20-14(21)10-8-17-19(13(10)9-3-4-9)15-16-6-5-11(18-15)12-2-1-7-22-12/h1-2,5-9H,3-4H2,(H,20,21). The van der Waals surface area contributed by atoms with Gasteiger partial charge in [-0.3, -0.25) is 0 Å². The first-order valence-corrected chi connectivity index (χ1v) is 6.92. The molecule has 0 bridgehead atoms. The van der Waals surface area contributed by atoms with Gasteiger partial charge in [-0.05, 0) is 31.0 Å². The lowest BCUT2D eigenvalue weighted by atomic mass is 10.2. The normalized spacial score (nSPS) is 14.2. The van der Waals surface area contributed by atoms with Gasteiger partial charge >= 0.3 is 5.97 Å². The molecule has 22 heavy (non-hydrogen) atoms. The lowest BCUT2D eigenvalue weighted by Crippen LogP contribution is -2.09. The molecule has 110 valence electrons. The van der Waals surface area contributed by atoms with Gasteiger partial charge in [-0.1, -0.05) is 0 Å². The number of hydrogen-bond donors (Lipinski definition) is 1. The lowest BCUT2D eigenvalue weighted by molar-refractivity contribution is 0.0695. The second kappa shape index (κ2) is 4.80. The van der Waals surface area contributed by atoms with Gasteiger partial charge in [0.1, 0.15) is 11.3 Å². The van der Waals surface area contributed by atoms with Crippen LogP contribution in [0.15, 0.2) is 41.3 Å². The molecule has 0 amide bonds. The van der Waals surface area contributed by atoms with Crippen LogP contribution in [-0.4, -0.2) is 30.8 Å². The monoisotopic (exact) mass is 296 g/mol. The van der Waals surface area contributed by atoms with E-state index in [0.717, 1.165) is 12.8 Å². The van der Waals surface area contributed by atoms with Crippen LogP contribution in [0, 0.1) is 0 Å². The molecule has 1 aliphatic rings. The van der Waals surface area contributed by atoms with E-state index in [1.54, 1.807) is 30.7 Å². The van der Waals surface area contributed by atoms with Crippen LogP contribution in [0.2, 0.25) is 0 Å². The number of carboxylic acid groups (broad SMARTS) is 1. The number of aromatic carboxylic acids is 1. The smallest absolute Gasteiger partial charge is 0.339 e. The third-order valence-electron chi connectivity index (χ3n) is 3.61. The SMILES string of the molecule is O=C(O)c1cnn(-c2nccc(-c3ccco3)n2)c1C1CC1. The zero-order valence-electron chi connectivity index (χ0n) is 11.5. The van der Waals surface area contributed by atoms with Crippen molar-refractivity contribution in [2.24, 2.45) is 0 Å². The molecular formula is C15H12N4O3. The molecule has 0 aromatic carbocycles. The zero-order valence-corrected chi connectivity index (χ0v) is 11.5. The van der Waals surface area contributed by atoms with E-state index in [0.29, 0.717) is 23.1 Å². The van der Waals surface area contributed by atoms with Crippen LogP contribution >= 0.6 is 0 Å². The van der Waals surface area contributed by atoms with Gasteiger partial charge < -0.3 is 9.52 Å². The van der Waals surface area contributed by atoms with Crippen LogP contribution < -0.4 is 0 Å². The van der Waals surface area contributed by atoms with Crippen molar-refractivity contribution < 1.29 is 14.3 Å². The average Bonchev–Trinajstić information content (AvgIpc) is 3.05. The van der Waals surface area contributed by atoms with E-state index in [1.165, 1.54) is 10.9 Å². The van der Waals surface area contributed by atoms with Gasteiger partial charge in [-0.2, -0.15) is 5.10 Å². The van der Waals surface area contributed by atoms with E-state index >= 15 is 0 Å². The molecule has 3 aromatic heterocycles. The Kier molecular flexibility index (Phi) is 2.78. The zero-order chi connectivity index (χ0) is 15.1. The Morgan fingerprint density at radius 2 is 2.23 bits per heavy atom. The van der Waals surface area contributed by atoms with Crippen LogP contribution in [0.25, 0.3) is 17.4 Å². The number of aromatic nitrogens is 4. The van der Waals surface area contributed by atoms with Crippen molar-refractivity contribution in [1.29, 1.82) is 0 Å². The maximum Gasteiger partial charge on any atom is 0.339 e. The minimum absolute atomic E-state index is 0.212. The highest BCUT2D eigenvalue weighted by atomic mass is 16.4. The molecule has 1 saturated carbocycles. The van der Waals surface area contributed by atoms with Crippen LogP contribution in [0.1, 0.15) is 34.8 Å². The van der Waals surface area contributed by atoms with Crippen LogP contribution in [0.3, 0.4) is 0 Å². The average molecular weight is 296 g/mol. The summed E-state index contributed by atoms with van der Waals surface area (Å²) in [6.45, 7) is 0. The summed E-state index contributed by atoms with van der Waals surface area (Å²) in [5.41, 5.74) is 1.52. The van der Waals surface area contributed by atoms with E-state index in [-0.39, 0.29) is 11.5 Å². The van der Waals surface area contributed by atoms with Crippen LogP contribution in [0.4, 0.5) is 0 Å². The molecule has 0 unspecified atom stereocenters. The largest absolute Gasteiger partial charge is 0.478 e. The molecule has 7 nitrogen and oxygen atoms in total. The van der Waals surface area contributed by atoms with Crippen LogP contribution in [0.5, 0.6) is 0 Å². The molecule has 0 aliphatic heterocycles. The Balaban J connectivity index is 1.83. The molecule has 4 rings (SSSR count). The second-order valence-corrected chi connectivity index (χ2v) is 5.15. The van der Waals surface area contributed by atoms with Gasteiger partial charge in [0.05, 0.1) is 18.2 Å². The third kappa shape index (κ3) is 2.07. The molecular weight excluding hydrogens is 284 g/mol. The van der Waals surface area contributed by atoms with Crippen molar-refractivity contribution in [3.63, 3.8) is 0 Å². The second-order valence-electron chi connectivity index (χ2n) is 5.15. The topological polar surface area (TPSA) is 94.0 Å². The summed E-state index contributed by atoms with van der Waals surface area (Å²) in [5.74, 6) is 0.213. The number of carboxylic acids is 1. The molecule has 7 heteroatoms. The summed E-state index contributed by atoms with van der Waals surface area (Å²) >= 11 is 0. The first-order valence-electron chi connectivity index (χ1n) is 6.92. The summed E-state index contributed by atoms with van der Waals surface area (Å²) in [7, 11) is 0. The minimum Gasteiger partial charge on any atom is -0.478 e. The highest BCUT2D eigenvalue weighted by Gasteiger charge is 2.33. The Labute approximate surface area is 125 Å². The fourth-order valence-corrected chi connectivity index (χ4v) is 2.44. The van der Waals surface area contributed by atoms with Crippen molar-refractivity contribution in [3.8, 4) is 17.4 Å². The van der Waals surface area contributed by atoms with E-state index in [2.05, 4.69) is 15.1 Å². The molecule has 1 N–H and O–H groups in total. The Hall–Kier alpha value is -2.96. The summed E-state index contributed by atoms with van der Waals surface area (Å²) in [6.07, 6.45) is 6.47. The fourth-order valence-electron chi connectivity index (χ4n) is 2.44. The van der Waals surface area contributed by atoms with Gasteiger partial charge in [-0.25, -0.2) is 19.4 Å². The van der Waals surface area contributed by atoms with E-state index in [4.69, 9.17) is 4.42 Å². The molecule has 3 heterocycles. The minimum atomic E-state index is -0.977. The Morgan fingerprint density at radius 3 is 2.91 bits per heavy atom. The van der Waals surface area contributed by atoms with Crippen molar-refractivity contribution in [2.75, 3.05) is 0 Å². The molecule has 3 aromatic rings. The molecule has 1 fully saturated rings. The van der Waals surface area contributed by atoms with Crippen LogP contribution in [-0.2, 0) is 0 Å². The quantitative estimate of drug-likeness (QED) is 0.795. The van der Waals surface area contributed by atoms with Gasteiger partial charge in [0.15, 0.2) is 5.76 Å². The van der Waals surface area contributed by atoms with Crippen molar-refractivity contribution in [2.45, 2.75) is 18.8 Å². The Morgan fingerprint density at radius 1 is 1.36 bits per heavy atom. The van der Waals surface area contributed by atoms with Crippen molar-refractivity contribution in [1.82, 2.24) is 19.7 Å². The number of rotatable bonds is 4. The molecule has 1 aliphatic carbocycles. The molecule has 0 spiro atoms. The first kappa shape index (κ1) is 12.8. The van der Waals surface area contributed by atoms with E-state index in [9.17, 15) is 9.90 Å². The Bertz CT molecular complexity index is 834. The number of carbonyl (C=O) groups is 1. The van der Waals surface area contributed by atoms with Gasteiger partial charge in [0, 0.05) is 12.1 Å². The number of hydrogen-bond acceptors (Lipinski definition) is 5. The van der Waals surface area contributed by atoms with Gasteiger partial charge in [-0.15, -0.1) is 0 Å². The maximum atomic E-state index is 11.3.